The lowest BCUT2D eigenvalue weighted by Crippen LogP contribution is -2.41. The Bertz CT molecular complexity index is 208. The maximum Gasteiger partial charge on any atom is 0.124 e. The number of rotatable bonds is 2. The van der Waals surface area contributed by atoms with E-state index in [-0.39, 0.29) is 0 Å². The summed E-state index contributed by atoms with van der Waals surface area (Å²) in [5.41, 5.74) is 0. The molecule has 0 aromatic carbocycles. The van der Waals surface area contributed by atoms with Gasteiger partial charge in [0.15, 0.2) is 0 Å². The molecular weight excluding hydrogens is 150 g/mol. The van der Waals surface area contributed by atoms with E-state index in [1.807, 2.05) is 6.92 Å². The molecule has 1 atom stereocenters. The van der Waals surface area contributed by atoms with E-state index in [4.69, 9.17) is 5.41 Å². The molecule has 0 fully saturated rings. The van der Waals surface area contributed by atoms with Crippen molar-refractivity contribution < 1.29 is 0 Å². The van der Waals surface area contributed by atoms with Gasteiger partial charge in [0.1, 0.15) is 11.7 Å². The van der Waals surface area contributed by atoms with Crippen molar-refractivity contribution in [3.8, 4) is 0 Å². The summed E-state index contributed by atoms with van der Waals surface area (Å²) < 4.78 is 0. The molecule has 0 saturated heterocycles. The predicted octanol–water partition coefficient (Wildman–Crippen LogP) is 1.89. The van der Waals surface area contributed by atoms with Crippen LogP contribution in [0.4, 0.5) is 0 Å². The van der Waals surface area contributed by atoms with Crippen LogP contribution in [0.25, 0.3) is 0 Å². The van der Waals surface area contributed by atoms with Gasteiger partial charge < -0.3 is 4.90 Å². The molecule has 0 aromatic rings. The first-order valence-corrected chi connectivity index (χ1v) is 4.54. The topological polar surface area (TPSA) is 39.5 Å². The maximum absolute atomic E-state index is 7.39. The lowest BCUT2D eigenvalue weighted by molar-refractivity contribution is 0.323. The fourth-order valence-corrected chi connectivity index (χ4v) is 1.46. The highest BCUT2D eigenvalue weighted by molar-refractivity contribution is 5.96. The standard InChI is InChI=1S/C9H17N3/c1-4-7(2)12-6-5-9(10)11-8(12)3/h7,10H,4-6H2,1-3H3. The first-order valence-electron chi connectivity index (χ1n) is 4.54. The van der Waals surface area contributed by atoms with Crippen LogP contribution in [0.3, 0.4) is 0 Å². The fourth-order valence-electron chi connectivity index (χ4n) is 1.46. The molecule has 1 rings (SSSR count). The third-order valence-electron chi connectivity index (χ3n) is 2.42. The van der Waals surface area contributed by atoms with E-state index in [1.165, 1.54) is 0 Å². The van der Waals surface area contributed by atoms with Crippen LogP contribution in [0.15, 0.2) is 4.99 Å². The number of hydrogen-bond acceptors (Lipinski definition) is 2. The number of amidine groups is 2. The molecule has 68 valence electrons. The van der Waals surface area contributed by atoms with Gasteiger partial charge in [0.05, 0.1) is 0 Å². The molecule has 1 N–H and O–H groups in total. The van der Waals surface area contributed by atoms with E-state index in [2.05, 4.69) is 23.7 Å². The van der Waals surface area contributed by atoms with Crippen molar-refractivity contribution >= 4 is 11.7 Å². The Hall–Kier alpha value is -0.860. The molecule has 1 aliphatic heterocycles. The molecule has 1 aliphatic rings. The minimum atomic E-state index is 0.520. The van der Waals surface area contributed by atoms with Gasteiger partial charge in [-0.15, -0.1) is 0 Å². The van der Waals surface area contributed by atoms with Gasteiger partial charge in [0.25, 0.3) is 0 Å². The highest BCUT2D eigenvalue weighted by atomic mass is 15.2. The smallest absolute Gasteiger partial charge is 0.124 e. The average Bonchev–Trinajstić information content (AvgIpc) is 2.03. The minimum Gasteiger partial charge on any atom is -0.357 e. The fraction of sp³-hybridized carbons (Fsp3) is 0.778. The van der Waals surface area contributed by atoms with Gasteiger partial charge in [-0.2, -0.15) is 0 Å². The van der Waals surface area contributed by atoms with Crippen molar-refractivity contribution in [1.29, 1.82) is 5.41 Å². The van der Waals surface area contributed by atoms with Crippen molar-refractivity contribution in [3.05, 3.63) is 0 Å². The quantitative estimate of drug-likeness (QED) is 0.670. The van der Waals surface area contributed by atoms with Crippen LogP contribution in [-0.4, -0.2) is 29.2 Å². The molecule has 1 unspecified atom stereocenters. The molecule has 0 spiro atoms. The molecule has 12 heavy (non-hydrogen) atoms. The number of hydrogen-bond donors (Lipinski definition) is 1. The Balaban J connectivity index is 2.68. The SMILES string of the molecule is CCC(C)N1CCC(=N)N=C1C. The van der Waals surface area contributed by atoms with Crippen LogP contribution in [0.2, 0.25) is 0 Å². The Labute approximate surface area is 74.0 Å². The molecule has 1 heterocycles. The third-order valence-corrected chi connectivity index (χ3v) is 2.42. The van der Waals surface area contributed by atoms with Crippen molar-refractivity contribution in [2.24, 2.45) is 4.99 Å². The van der Waals surface area contributed by atoms with Crippen LogP contribution in [0.5, 0.6) is 0 Å². The second-order valence-electron chi connectivity index (χ2n) is 3.31. The van der Waals surface area contributed by atoms with Crippen LogP contribution >= 0.6 is 0 Å². The van der Waals surface area contributed by atoms with Gasteiger partial charge >= 0.3 is 0 Å². The Morgan fingerprint density at radius 2 is 2.33 bits per heavy atom. The van der Waals surface area contributed by atoms with E-state index in [9.17, 15) is 0 Å². The van der Waals surface area contributed by atoms with Crippen LogP contribution in [0.1, 0.15) is 33.6 Å². The number of nitrogens with one attached hydrogen (secondary N) is 1. The molecule has 3 nitrogen and oxygen atoms in total. The zero-order valence-electron chi connectivity index (χ0n) is 8.09. The summed E-state index contributed by atoms with van der Waals surface area (Å²) in [6.07, 6.45) is 1.93. The van der Waals surface area contributed by atoms with E-state index >= 15 is 0 Å². The third kappa shape index (κ3) is 1.84. The Morgan fingerprint density at radius 3 is 2.83 bits per heavy atom. The summed E-state index contributed by atoms with van der Waals surface area (Å²) in [6.45, 7) is 7.33. The Kier molecular flexibility index (Phi) is 2.84. The average molecular weight is 167 g/mol. The predicted molar refractivity (Wildman–Crippen MR) is 51.9 cm³/mol. The van der Waals surface area contributed by atoms with Crippen LogP contribution in [-0.2, 0) is 0 Å². The summed E-state index contributed by atoms with van der Waals surface area (Å²) in [4.78, 5) is 6.43. The lowest BCUT2D eigenvalue weighted by Gasteiger charge is -2.32. The van der Waals surface area contributed by atoms with Crippen LogP contribution < -0.4 is 0 Å². The van der Waals surface area contributed by atoms with Crippen molar-refractivity contribution in [1.82, 2.24) is 4.90 Å². The molecule has 0 saturated carbocycles. The van der Waals surface area contributed by atoms with Gasteiger partial charge in [0.2, 0.25) is 0 Å². The van der Waals surface area contributed by atoms with Crippen molar-refractivity contribution in [3.63, 3.8) is 0 Å². The molecule has 3 heteroatoms. The zero-order chi connectivity index (χ0) is 9.14. The highest BCUT2D eigenvalue weighted by Gasteiger charge is 2.17. The molecule has 0 amide bonds. The monoisotopic (exact) mass is 167 g/mol. The van der Waals surface area contributed by atoms with Crippen molar-refractivity contribution in [2.75, 3.05) is 6.54 Å². The van der Waals surface area contributed by atoms with Gasteiger partial charge in [-0.1, -0.05) is 6.92 Å². The first-order chi connectivity index (χ1) is 5.65. The van der Waals surface area contributed by atoms with Crippen LogP contribution in [0, 0.1) is 5.41 Å². The van der Waals surface area contributed by atoms with E-state index in [1.54, 1.807) is 0 Å². The molecule has 0 aromatic heterocycles. The first kappa shape index (κ1) is 9.23. The van der Waals surface area contributed by atoms with Crippen molar-refractivity contribution in [2.45, 2.75) is 39.7 Å². The zero-order valence-corrected chi connectivity index (χ0v) is 8.09. The molecule has 0 aliphatic carbocycles. The summed E-state index contributed by atoms with van der Waals surface area (Å²) in [7, 11) is 0. The largest absolute Gasteiger partial charge is 0.357 e. The number of nitrogens with zero attached hydrogens (tertiary/aromatic N) is 2. The highest BCUT2D eigenvalue weighted by Crippen LogP contribution is 2.10. The number of aliphatic imine (C=N–C) groups is 1. The van der Waals surface area contributed by atoms with E-state index in [0.29, 0.717) is 11.9 Å². The molecular formula is C9H17N3. The van der Waals surface area contributed by atoms with Gasteiger partial charge in [0, 0.05) is 19.0 Å². The summed E-state index contributed by atoms with van der Waals surface area (Å²) in [5, 5.41) is 7.39. The van der Waals surface area contributed by atoms with Gasteiger partial charge in [-0.3, -0.25) is 5.41 Å². The minimum absolute atomic E-state index is 0.520. The second kappa shape index (κ2) is 3.70. The lowest BCUT2D eigenvalue weighted by atomic mass is 10.2. The van der Waals surface area contributed by atoms with E-state index in [0.717, 1.165) is 25.2 Å². The summed E-state index contributed by atoms with van der Waals surface area (Å²) in [5.74, 6) is 1.52. The normalized spacial score (nSPS) is 20.8. The second-order valence-corrected chi connectivity index (χ2v) is 3.31. The summed E-state index contributed by atoms with van der Waals surface area (Å²) in [6, 6.07) is 0.557. The maximum atomic E-state index is 7.39. The van der Waals surface area contributed by atoms with E-state index < -0.39 is 0 Å². The Morgan fingerprint density at radius 1 is 1.67 bits per heavy atom. The summed E-state index contributed by atoms with van der Waals surface area (Å²) >= 11 is 0. The molecule has 0 radical (unpaired) electrons. The molecule has 0 bridgehead atoms. The van der Waals surface area contributed by atoms with Gasteiger partial charge in [-0.25, -0.2) is 4.99 Å². The van der Waals surface area contributed by atoms with Gasteiger partial charge in [-0.05, 0) is 20.3 Å².